The standard InChI is InChI=1S/C12H12F2O4/c1-12(2,11(16)17)10(15)6-4-8(14)9(18-3)5-7(6)13/h4-5H,1-3H3,(H,16,17). The summed E-state index contributed by atoms with van der Waals surface area (Å²) in [4.78, 5) is 22.7. The maximum atomic E-state index is 13.6. The zero-order valence-electron chi connectivity index (χ0n) is 10.1. The van der Waals surface area contributed by atoms with E-state index < -0.39 is 34.4 Å². The summed E-state index contributed by atoms with van der Waals surface area (Å²) in [5.41, 5.74) is -2.44. The SMILES string of the molecule is COc1cc(F)c(C(=O)C(C)(C)C(=O)O)cc1F. The normalized spacial score (nSPS) is 11.2. The molecule has 0 aliphatic heterocycles. The second-order valence-electron chi connectivity index (χ2n) is 4.23. The van der Waals surface area contributed by atoms with E-state index >= 15 is 0 Å². The smallest absolute Gasteiger partial charge is 0.316 e. The van der Waals surface area contributed by atoms with Crippen LogP contribution in [0.3, 0.4) is 0 Å². The van der Waals surface area contributed by atoms with Crippen molar-refractivity contribution < 1.29 is 28.2 Å². The molecular weight excluding hydrogens is 246 g/mol. The first-order valence-corrected chi connectivity index (χ1v) is 5.03. The van der Waals surface area contributed by atoms with Crippen LogP contribution in [0.5, 0.6) is 5.75 Å². The van der Waals surface area contributed by atoms with E-state index in [1.54, 1.807) is 0 Å². The van der Waals surface area contributed by atoms with Gasteiger partial charge in [-0.1, -0.05) is 0 Å². The maximum Gasteiger partial charge on any atom is 0.316 e. The molecule has 18 heavy (non-hydrogen) atoms. The van der Waals surface area contributed by atoms with Crippen LogP contribution < -0.4 is 4.74 Å². The molecular formula is C12H12F2O4. The number of halogens is 2. The Hall–Kier alpha value is -1.98. The van der Waals surface area contributed by atoms with Crippen LogP contribution in [-0.4, -0.2) is 24.0 Å². The van der Waals surface area contributed by atoms with E-state index in [4.69, 9.17) is 5.11 Å². The number of methoxy groups -OCH3 is 1. The van der Waals surface area contributed by atoms with E-state index in [1.807, 2.05) is 0 Å². The molecule has 0 spiro atoms. The van der Waals surface area contributed by atoms with Gasteiger partial charge in [-0.05, 0) is 19.9 Å². The highest BCUT2D eigenvalue weighted by Gasteiger charge is 2.38. The molecule has 0 fully saturated rings. The van der Waals surface area contributed by atoms with Gasteiger partial charge < -0.3 is 9.84 Å². The Balaban J connectivity index is 3.31. The predicted octanol–water partition coefficient (Wildman–Crippen LogP) is 2.27. The highest BCUT2D eigenvalue weighted by atomic mass is 19.1. The number of carbonyl (C=O) groups excluding carboxylic acids is 1. The van der Waals surface area contributed by atoms with Crippen molar-refractivity contribution in [3.05, 3.63) is 29.3 Å². The minimum Gasteiger partial charge on any atom is -0.494 e. The van der Waals surface area contributed by atoms with Crippen molar-refractivity contribution in [1.82, 2.24) is 0 Å². The Bertz CT molecular complexity index is 509. The second-order valence-corrected chi connectivity index (χ2v) is 4.23. The van der Waals surface area contributed by atoms with E-state index in [2.05, 4.69) is 4.74 Å². The average molecular weight is 258 g/mol. The van der Waals surface area contributed by atoms with Crippen LogP contribution in [-0.2, 0) is 4.79 Å². The number of rotatable bonds is 4. The highest BCUT2D eigenvalue weighted by molar-refractivity contribution is 6.11. The van der Waals surface area contributed by atoms with Gasteiger partial charge in [-0.25, -0.2) is 8.78 Å². The van der Waals surface area contributed by atoms with Gasteiger partial charge in [0.2, 0.25) is 0 Å². The van der Waals surface area contributed by atoms with Crippen molar-refractivity contribution in [2.24, 2.45) is 5.41 Å². The summed E-state index contributed by atoms with van der Waals surface area (Å²) in [6.45, 7) is 2.25. The summed E-state index contributed by atoms with van der Waals surface area (Å²) < 4.78 is 31.5. The van der Waals surface area contributed by atoms with Crippen molar-refractivity contribution in [2.75, 3.05) is 7.11 Å². The lowest BCUT2D eigenvalue weighted by atomic mass is 9.84. The Morgan fingerprint density at radius 2 is 1.78 bits per heavy atom. The fraction of sp³-hybridized carbons (Fsp3) is 0.333. The molecule has 1 aromatic carbocycles. The number of ketones is 1. The van der Waals surface area contributed by atoms with Crippen molar-refractivity contribution >= 4 is 11.8 Å². The molecule has 98 valence electrons. The Labute approximate surface area is 102 Å². The van der Waals surface area contributed by atoms with Crippen LogP contribution in [0.4, 0.5) is 8.78 Å². The zero-order chi connectivity index (χ0) is 14.1. The molecule has 0 heterocycles. The molecule has 0 aliphatic rings. The molecule has 0 bridgehead atoms. The van der Waals surface area contributed by atoms with E-state index in [0.29, 0.717) is 12.1 Å². The lowest BCUT2D eigenvalue weighted by molar-refractivity contribution is -0.144. The topological polar surface area (TPSA) is 63.6 Å². The van der Waals surface area contributed by atoms with Crippen LogP contribution in [0.2, 0.25) is 0 Å². The Morgan fingerprint density at radius 1 is 1.22 bits per heavy atom. The molecule has 1 rings (SSSR count). The minimum atomic E-state index is -1.83. The largest absolute Gasteiger partial charge is 0.494 e. The zero-order valence-corrected chi connectivity index (χ0v) is 10.1. The first-order valence-electron chi connectivity index (χ1n) is 5.03. The predicted molar refractivity (Wildman–Crippen MR) is 58.7 cm³/mol. The summed E-state index contributed by atoms with van der Waals surface area (Å²) in [6.07, 6.45) is 0. The number of Topliss-reactive ketones (excluding diaryl/α,β-unsaturated/α-hetero) is 1. The third-order valence-corrected chi connectivity index (χ3v) is 2.59. The van der Waals surface area contributed by atoms with Gasteiger partial charge in [-0.15, -0.1) is 0 Å². The van der Waals surface area contributed by atoms with Crippen LogP contribution in [0.25, 0.3) is 0 Å². The van der Waals surface area contributed by atoms with Gasteiger partial charge in [0.05, 0.1) is 12.7 Å². The van der Waals surface area contributed by atoms with Gasteiger partial charge in [-0.2, -0.15) is 0 Å². The molecule has 4 nitrogen and oxygen atoms in total. The number of hydrogen-bond acceptors (Lipinski definition) is 3. The van der Waals surface area contributed by atoms with Gasteiger partial charge in [0, 0.05) is 6.07 Å². The molecule has 1 aromatic rings. The van der Waals surface area contributed by atoms with Crippen LogP contribution >= 0.6 is 0 Å². The minimum absolute atomic E-state index is 0.350. The number of carbonyl (C=O) groups is 2. The molecule has 6 heteroatoms. The lowest BCUT2D eigenvalue weighted by Crippen LogP contribution is -2.33. The number of ether oxygens (including phenoxy) is 1. The monoisotopic (exact) mass is 258 g/mol. The quantitative estimate of drug-likeness (QED) is 0.664. The number of carboxylic acids is 1. The lowest BCUT2D eigenvalue weighted by Gasteiger charge is -2.18. The fourth-order valence-electron chi connectivity index (χ4n) is 1.29. The molecule has 0 radical (unpaired) electrons. The molecule has 0 atom stereocenters. The van der Waals surface area contributed by atoms with Crippen LogP contribution in [0.15, 0.2) is 12.1 Å². The summed E-state index contributed by atoms with van der Waals surface area (Å²) in [5, 5.41) is 8.87. The fourth-order valence-corrected chi connectivity index (χ4v) is 1.29. The summed E-state index contributed by atoms with van der Waals surface area (Å²) in [5.74, 6) is -4.72. The molecule has 1 N–H and O–H groups in total. The summed E-state index contributed by atoms with van der Waals surface area (Å²) >= 11 is 0. The number of hydrogen-bond donors (Lipinski definition) is 1. The van der Waals surface area contributed by atoms with Gasteiger partial charge in [-0.3, -0.25) is 9.59 Å². The number of benzene rings is 1. The number of aliphatic carboxylic acids is 1. The van der Waals surface area contributed by atoms with Crippen molar-refractivity contribution in [2.45, 2.75) is 13.8 Å². The average Bonchev–Trinajstić information content (AvgIpc) is 2.30. The first-order chi connectivity index (χ1) is 8.21. The van der Waals surface area contributed by atoms with Gasteiger partial charge in [0.1, 0.15) is 11.2 Å². The van der Waals surface area contributed by atoms with E-state index in [0.717, 1.165) is 21.0 Å². The summed E-state index contributed by atoms with van der Waals surface area (Å²) in [6, 6.07) is 1.35. The molecule has 0 amide bonds. The molecule has 0 aliphatic carbocycles. The van der Waals surface area contributed by atoms with Gasteiger partial charge >= 0.3 is 5.97 Å². The highest BCUT2D eigenvalue weighted by Crippen LogP contribution is 2.27. The Kier molecular flexibility index (Phi) is 3.69. The van der Waals surface area contributed by atoms with Crippen molar-refractivity contribution in [3.8, 4) is 5.75 Å². The third-order valence-electron chi connectivity index (χ3n) is 2.59. The molecule has 0 aromatic heterocycles. The summed E-state index contributed by atoms with van der Waals surface area (Å²) in [7, 11) is 1.15. The first kappa shape index (κ1) is 14.1. The van der Waals surface area contributed by atoms with Crippen LogP contribution in [0.1, 0.15) is 24.2 Å². The molecule has 0 saturated heterocycles. The van der Waals surface area contributed by atoms with Crippen molar-refractivity contribution in [1.29, 1.82) is 0 Å². The van der Waals surface area contributed by atoms with Gasteiger partial charge in [0.25, 0.3) is 0 Å². The van der Waals surface area contributed by atoms with Gasteiger partial charge in [0.15, 0.2) is 17.3 Å². The van der Waals surface area contributed by atoms with E-state index in [-0.39, 0.29) is 5.75 Å². The Morgan fingerprint density at radius 3 is 2.22 bits per heavy atom. The number of carboxylic acid groups (broad SMARTS) is 1. The van der Waals surface area contributed by atoms with E-state index in [9.17, 15) is 18.4 Å². The molecule has 0 saturated carbocycles. The molecule has 0 unspecified atom stereocenters. The van der Waals surface area contributed by atoms with Crippen LogP contribution in [0, 0.1) is 17.0 Å². The third kappa shape index (κ3) is 2.32. The maximum absolute atomic E-state index is 13.6. The van der Waals surface area contributed by atoms with E-state index in [1.165, 1.54) is 0 Å². The second kappa shape index (κ2) is 4.72. The van der Waals surface area contributed by atoms with Crippen molar-refractivity contribution in [3.63, 3.8) is 0 Å².